The van der Waals surface area contributed by atoms with Crippen molar-refractivity contribution in [3.8, 4) is 34.3 Å². The van der Waals surface area contributed by atoms with Gasteiger partial charge < -0.3 is 4.42 Å². The molecule has 0 fully saturated rings. The molecule has 0 N–H and O–H groups in total. The molecular formula is C42H24N4O. The first kappa shape index (κ1) is 25.8. The first-order valence-corrected chi connectivity index (χ1v) is 15.6. The van der Waals surface area contributed by atoms with Crippen LogP contribution < -0.4 is 0 Å². The van der Waals surface area contributed by atoms with Crippen molar-refractivity contribution in [1.82, 2.24) is 19.9 Å². The van der Waals surface area contributed by atoms with Gasteiger partial charge in [-0.1, -0.05) is 121 Å². The normalized spacial score (nSPS) is 11.8. The molecule has 0 saturated carbocycles. The lowest BCUT2D eigenvalue weighted by atomic mass is 9.94. The van der Waals surface area contributed by atoms with Gasteiger partial charge in [-0.3, -0.25) is 4.98 Å². The van der Waals surface area contributed by atoms with E-state index in [1.807, 2.05) is 24.3 Å². The summed E-state index contributed by atoms with van der Waals surface area (Å²) in [5, 5.41) is 11.2. The van der Waals surface area contributed by atoms with Crippen LogP contribution in [0.4, 0.5) is 0 Å². The van der Waals surface area contributed by atoms with Gasteiger partial charge in [0.1, 0.15) is 16.9 Å². The molecule has 0 radical (unpaired) electrons. The largest absolute Gasteiger partial charge is 0.456 e. The lowest BCUT2D eigenvalue weighted by molar-refractivity contribution is 0.668. The second-order valence-electron chi connectivity index (χ2n) is 11.9. The van der Waals surface area contributed by atoms with Crippen LogP contribution in [0.15, 0.2) is 150 Å². The quantitative estimate of drug-likeness (QED) is 0.189. The summed E-state index contributed by atoms with van der Waals surface area (Å²) in [6.07, 6.45) is 1.76. The number of para-hydroxylation sites is 1. The molecule has 5 heteroatoms. The minimum absolute atomic E-state index is 0.498. The molecule has 7 aromatic carbocycles. The molecule has 47 heavy (non-hydrogen) atoms. The van der Waals surface area contributed by atoms with Gasteiger partial charge in [-0.15, -0.1) is 0 Å². The summed E-state index contributed by atoms with van der Waals surface area (Å²) in [6, 6.07) is 48.3. The molecule has 0 amide bonds. The molecule has 5 nitrogen and oxygen atoms in total. The first-order chi connectivity index (χ1) is 23.3. The average Bonchev–Trinajstić information content (AvgIpc) is 3.53. The van der Waals surface area contributed by atoms with E-state index in [1.165, 1.54) is 16.2 Å². The Morgan fingerprint density at radius 1 is 0.404 bits per heavy atom. The highest BCUT2D eigenvalue weighted by atomic mass is 16.3. The van der Waals surface area contributed by atoms with Crippen LogP contribution >= 0.6 is 0 Å². The van der Waals surface area contributed by atoms with Crippen LogP contribution in [0.3, 0.4) is 0 Å². The summed E-state index contributed by atoms with van der Waals surface area (Å²) in [5.41, 5.74) is 4.06. The van der Waals surface area contributed by atoms with Crippen LogP contribution in [0.1, 0.15) is 0 Å². The van der Waals surface area contributed by atoms with Crippen LogP contribution in [0, 0.1) is 0 Å². The molecule has 0 aliphatic carbocycles. The van der Waals surface area contributed by atoms with Gasteiger partial charge in [-0.05, 0) is 55.9 Å². The third-order valence-electron chi connectivity index (χ3n) is 9.15. The Bertz CT molecular complexity index is 2870. The molecule has 10 aromatic rings. The maximum Gasteiger partial charge on any atom is 0.183 e. The molecular weight excluding hydrogens is 576 g/mol. The van der Waals surface area contributed by atoms with Crippen LogP contribution in [-0.2, 0) is 0 Å². The van der Waals surface area contributed by atoms with Crippen molar-refractivity contribution in [2.75, 3.05) is 0 Å². The van der Waals surface area contributed by atoms with Crippen LogP contribution in [0.2, 0.25) is 0 Å². The molecule has 218 valence electrons. The molecule has 0 saturated heterocycles. The number of nitrogens with zero attached hydrogens (tertiary/aromatic N) is 4. The van der Waals surface area contributed by atoms with E-state index in [0.717, 1.165) is 60.0 Å². The number of rotatable bonds is 3. The van der Waals surface area contributed by atoms with Crippen molar-refractivity contribution in [1.29, 1.82) is 0 Å². The molecule has 0 atom stereocenters. The van der Waals surface area contributed by atoms with Gasteiger partial charge in [-0.25, -0.2) is 15.0 Å². The Morgan fingerprint density at radius 2 is 1.11 bits per heavy atom. The van der Waals surface area contributed by atoms with Crippen molar-refractivity contribution in [3.05, 3.63) is 146 Å². The Labute approximate surface area is 268 Å². The zero-order valence-electron chi connectivity index (χ0n) is 25.1. The lowest BCUT2D eigenvalue weighted by Gasteiger charge is -2.13. The number of pyridine rings is 1. The van der Waals surface area contributed by atoms with E-state index in [4.69, 9.17) is 24.4 Å². The van der Waals surface area contributed by atoms with Crippen molar-refractivity contribution in [2.24, 2.45) is 0 Å². The molecule has 0 aliphatic heterocycles. The summed E-state index contributed by atoms with van der Waals surface area (Å²) in [6.45, 7) is 0. The van der Waals surface area contributed by atoms with Gasteiger partial charge in [0.25, 0.3) is 0 Å². The van der Waals surface area contributed by atoms with Gasteiger partial charge >= 0.3 is 0 Å². The van der Waals surface area contributed by atoms with Crippen molar-refractivity contribution >= 4 is 65.0 Å². The third kappa shape index (κ3) is 4.03. The standard InChI is InChI=1S/C42H24N4O/c1-2-10-28-24-29(17-16-25(28)8-1)40-44-41(46-42(45-40)39-38-33-13-5-6-15-35(33)47-36(38)22-23-43-39)34-14-7-11-27-19-20-31-30-12-4-3-9-26(30)18-21-32(31)37(27)34/h1-24H. The summed E-state index contributed by atoms with van der Waals surface area (Å²) in [4.78, 5) is 20.3. The van der Waals surface area contributed by atoms with Crippen LogP contribution in [0.5, 0.6) is 0 Å². The van der Waals surface area contributed by atoms with Gasteiger partial charge in [0.15, 0.2) is 17.5 Å². The van der Waals surface area contributed by atoms with Crippen molar-refractivity contribution in [3.63, 3.8) is 0 Å². The zero-order chi connectivity index (χ0) is 30.9. The smallest absolute Gasteiger partial charge is 0.183 e. The number of benzene rings is 7. The van der Waals surface area contributed by atoms with E-state index < -0.39 is 0 Å². The monoisotopic (exact) mass is 600 g/mol. The molecule has 0 aliphatic rings. The Kier molecular flexibility index (Phi) is 5.51. The van der Waals surface area contributed by atoms with Crippen molar-refractivity contribution in [2.45, 2.75) is 0 Å². The van der Waals surface area contributed by atoms with E-state index in [9.17, 15) is 0 Å². The molecule has 3 heterocycles. The SMILES string of the molecule is c1ccc2cc(-c3nc(-c4cccc5ccc6c7ccccc7ccc6c45)nc(-c4nccc5oc6ccccc6c45)n3)ccc2c1. The predicted molar refractivity (Wildman–Crippen MR) is 191 cm³/mol. The number of furan rings is 1. The highest BCUT2D eigenvalue weighted by Crippen LogP contribution is 2.39. The Balaban J connectivity index is 1.29. The fraction of sp³-hybridized carbons (Fsp3) is 0. The first-order valence-electron chi connectivity index (χ1n) is 15.6. The van der Waals surface area contributed by atoms with Crippen LogP contribution in [-0.4, -0.2) is 19.9 Å². The lowest BCUT2D eigenvalue weighted by Crippen LogP contribution is -2.02. The summed E-state index contributed by atoms with van der Waals surface area (Å²) in [5.74, 6) is 1.68. The zero-order valence-corrected chi connectivity index (χ0v) is 25.1. The van der Waals surface area contributed by atoms with E-state index in [1.54, 1.807) is 6.20 Å². The highest BCUT2D eigenvalue weighted by Gasteiger charge is 2.20. The number of fused-ring (bicyclic) bond motifs is 9. The van der Waals surface area contributed by atoms with Gasteiger partial charge in [0.05, 0.1) is 5.39 Å². The van der Waals surface area contributed by atoms with E-state index in [2.05, 4.69) is 115 Å². The summed E-state index contributed by atoms with van der Waals surface area (Å²) < 4.78 is 6.22. The average molecular weight is 601 g/mol. The number of hydrogen-bond acceptors (Lipinski definition) is 5. The minimum atomic E-state index is 0.498. The van der Waals surface area contributed by atoms with Gasteiger partial charge in [0, 0.05) is 28.1 Å². The maximum atomic E-state index is 6.22. The summed E-state index contributed by atoms with van der Waals surface area (Å²) in [7, 11) is 0. The predicted octanol–water partition coefficient (Wildman–Crippen LogP) is 10.8. The highest BCUT2D eigenvalue weighted by molar-refractivity contribution is 6.20. The molecule has 0 unspecified atom stereocenters. The number of hydrogen-bond donors (Lipinski definition) is 0. The summed E-state index contributed by atoms with van der Waals surface area (Å²) >= 11 is 0. The topological polar surface area (TPSA) is 64.7 Å². The third-order valence-corrected chi connectivity index (χ3v) is 9.15. The minimum Gasteiger partial charge on any atom is -0.456 e. The van der Waals surface area contributed by atoms with Gasteiger partial charge in [0.2, 0.25) is 0 Å². The maximum absolute atomic E-state index is 6.22. The fourth-order valence-electron chi connectivity index (χ4n) is 6.96. The number of aromatic nitrogens is 4. The molecule has 3 aromatic heterocycles. The van der Waals surface area contributed by atoms with Crippen LogP contribution in [0.25, 0.3) is 99.3 Å². The second-order valence-corrected chi connectivity index (χ2v) is 11.9. The fourth-order valence-corrected chi connectivity index (χ4v) is 6.96. The molecule has 0 bridgehead atoms. The van der Waals surface area contributed by atoms with Crippen molar-refractivity contribution < 1.29 is 4.42 Å². The molecule has 0 spiro atoms. The van der Waals surface area contributed by atoms with E-state index in [-0.39, 0.29) is 0 Å². The Morgan fingerprint density at radius 3 is 2.04 bits per heavy atom. The Hall–Kier alpha value is -6.46. The molecule has 10 rings (SSSR count). The van der Waals surface area contributed by atoms with E-state index >= 15 is 0 Å². The second kappa shape index (κ2) is 10.0. The van der Waals surface area contributed by atoms with E-state index in [0.29, 0.717) is 23.2 Å². The van der Waals surface area contributed by atoms with Gasteiger partial charge in [-0.2, -0.15) is 0 Å².